The van der Waals surface area contributed by atoms with Crippen molar-refractivity contribution in [1.82, 2.24) is 0 Å². The predicted molar refractivity (Wildman–Crippen MR) is 129 cm³/mol. The van der Waals surface area contributed by atoms with Crippen molar-refractivity contribution in [2.45, 2.75) is 101 Å². The van der Waals surface area contributed by atoms with Gasteiger partial charge in [-0.1, -0.05) is 36.6 Å². The van der Waals surface area contributed by atoms with Crippen LogP contribution in [0.4, 0.5) is 0 Å². The van der Waals surface area contributed by atoms with Gasteiger partial charge in [-0.25, -0.2) is 4.79 Å². The average Bonchev–Trinajstić information content (AvgIpc) is 3.16. The van der Waals surface area contributed by atoms with Gasteiger partial charge < -0.3 is 35.0 Å². The molecule has 8 heteroatoms. The normalized spacial score (nSPS) is 50.3. The van der Waals surface area contributed by atoms with Crippen LogP contribution in [0.5, 0.6) is 0 Å². The molecule has 4 aliphatic carbocycles. The Kier molecular flexibility index (Phi) is 6.64. The number of aliphatic carboxylic acids is 1. The second-order valence-corrected chi connectivity index (χ2v) is 11.6. The highest BCUT2D eigenvalue weighted by atomic mass is 16.7. The lowest BCUT2D eigenvalue weighted by Crippen LogP contribution is -2.60. The fraction of sp³-hybridized carbons (Fsp3) is 0.750. The molecular weight excluding hydrogens is 464 g/mol. The van der Waals surface area contributed by atoms with Crippen molar-refractivity contribution in [1.29, 1.82) is 0 Å². The average molecular weight is 503 g/mol. The molecule has 1 saturated heterocycles. The highest BCUT2D eigenvalue weighted by molar-refractivity contribution is 5.73. The van der Waals surface area contributed by atoms with Gasteiger partial charge in [-0.15, -0.1) is 6.42 Å². The summed E-state index contributed by atoms with van der Waals surface area (Å²) >= 11 is 0. The summed E-state index contributed by atoms with van der Waals surface area (Å²) in [5.41, 5.74) is 1.08. The highest BCUT2D eigenvalue weighted by Crippen LogP contribution is 2.67. The van der Waals surface area contributed by atoms with Gasteiger partial charge in [-0.2, -0.15) is 0 Å². The number of carbonyl (C=O) groups is 1. The molecule has 5 aliphatic rings. The Bertz CT molecular complexity index is 985. The Morgan fingerprint density at radius 3 is 2.64 bits per heavy atom. The number of allylic oxidation sites excluding steroid dienone is 2. The summed E-state index contributed by atoms with van der Waals surface area (Å²) in [7, 11) is 0. The molecule has 8 nitrogen and oxygen atoms in total. The zero-order valence-corrected chi connectivity index (χ0v) is 20.8. The quantitative estimate of drug-likeness (QED) is 0.290. The molecule has 0 aromatic carbocycles. The van der Waals surface area contributed by atoms with Crippen molar-refractivity contribution in [3.8, 4) is 12.3 Å². The first-order valence-electron chi connectivity index (χ1n) is 13.2. The molecular formula is C28H38O8. The third-order valence-corrected chi connectivity index (χ3v) is 10.2. The summed E-state index contributed by atoms with van der Waals surface area (Å²) in [5, 5.41) is 51.0. The Morgan fingerprint density at radius 1 is 1.22 bits per heavy atom. The fourth-order valence-corrected chi connectivity index (χ4v) is 8.46. The lowest BCUT2D eigenvalue weighted by atomic mass is 9.48. The van der Waals surface area contributed by atoms with Crippen LogP contribution in [0.3, 0.4) is 0 Å². The van der Waals surface area contributed by atoms with E-state index in [0.29, 0.717) is 36.5 Å². The van der Waals surface area contributed by atoms with Crippen LogP contribution in [-0.2, 0) is 14.3 Å². The first-order valence-corrected chi connectivity index (χ1v) is 13.2. The predicted octanol–water partition coefficient (Wildman–Crippen LogP) is 1.76. The van der Waals surface area contributed by atoms with Crippen LogP contribution in [0, 0.1) is 41.4 Å². The van der Waals surface area contributed by atoms with E-state index in [-0.39, 0.29) is 5.41 Å². The lowest BCUT2D eigenvalue weighted by Gasteiger charge is -2.57. The molecule has 0 radical (unpaired) electrons. The Balaban J connectivity index is 1.33. The molecule has 5 N–H and O–H groups in total. The zero-order valence-electron chi connectivity index (χ0n) is 20.8. The molecule has 0 bridgehead atoms. The van der Waals surface area contributed by atoms with Gasteiger partial charge >= 0.3 is 5.97 Å². The van der Waals surface area contributed by atoms with E-state index in [9.17, 15) is 30.3 Å². The van der Waals surface area contributed by atoms with Crippen LogP contribution in [-0.4, -0.2) is 73.9 Å². The number of aliphatic hydroxyl groups excluding tert-OH is 3. The lowest BCUT2D eigenvalue weighted by molar-refractivity contribution is -0.301. The second kappa shape index (κ2) is 9.23. The molecule has 198 valence electrons. The molecule has 1 aliphatic heterocycles. The van der Waals surface area contributed by atoms with Crippen molar-refractivity contribution in [2.24, 2.45) is 29.1 Å². The molecule has 3 saturated carbocycles. The van der Waals surface area contributed by atoms with Gasteiger partial charge in [0.2, 0.25) is 0 Å². The van der Waals surface area contributed by atoms with Crippen LogP contribution < -0.4 is 0 Å². The number of carboxylic acids is 1. The van der Waals surface area contributed by atoms with Crippen LogP contribution in [0.15, 0.2) is 23.8 Å². The number of ether oxygens (including phenoxy) is 2. The van der Waals surface area contributed by atoms with E-state index in [2.05, 4.69) is 25.5 Å². The van der Waals surface area contributed by atoms with E-state index in [1.165, 1.54) is 11.1 Å². The molecule has 36 heavy (non-hydrogen) atoms. The molecule has 5 rings (SSSR count). The first kappa shape index (κ1) is 25.9. The third kappa shape index (κ3) is 3.71. The number of terminal acetylenes is 1. The summed E-state index contributed by atoms with van der Waals surface area (Å²) in [5.74, 6) is 2.81. The number of fused-ring (bicyclic) bond motifs is 5. The standard InChI is InChI=1S/C28H38O8/c1-4-27-13-14(3)20-17-9-7-16(35-26-23(31)21(29)22(30)24(36-26)25(32)33)12-15(17)6-8-18(20)19(27)10-11-28(27,34)5-2/h2,12,16-24,26,29-31,34H,3-4,6-11,13H2,1H3,(H,32,33)/t16?,17-,18-,19-,20+,21-,22-,23+,24-,26?,27-,28-/m0/s1. The molecule has 1 heterocycles. The molecule has 0 aromatic heterocycles. The molecule has 0 spiro atoms. The van der Waals surface area contributed by atoms with Gasteiger partial charge in [-0.3, -0.25) is 0 Å². The monoisotopic (exact) mass is 502 g/mol. The summed E-state index contributed by atoms with van der Waals surface area (Å²) < 4.78 is 11.3. The van der Waals surface area contributed by atoms with Gasteiger partial charge in [0.05, 0.1) is 6.10 Å². The smallest absolute Gasteiger partial charge is 0.335 e. The maximum atomic E-state index is 11.4. The van der Waals surface area contributed by atoms with Crippen molar-refractivity contribution in [3.63, 3.8) is 0 Å². The summed E-state index contributed by atoms with van der Waals surface area (Å²) in [6.07, 6.45) is 6.10. The minimum absolute atomic E-state index is 0.303. The van der Waals surface area contributed by atoms with E-state index in [1.54, 1.807) is 0 Å². The van der Waals surface area contributed by atoms with Gasteiger partial charge in [-0.05, 0) is 75.0 Å². The van der Waals surface area contributed by atoms with Gasteiger partial charge in [0.25, 0.3) is 0 Å². The van der Waals surface area contributed by atoms with E-state index in [4.69, 9.17) is 15.9 Å². The summed E-state index contributed by atoms with van der Waals surface area (Å²) in [6, 6.07) is 0. The van der Waals surface area contributed by atoms with E-state index >= 15 is 0 Å². The molecule has 0 aromatic rings. The molecule has 4 fully saturated rings. The maximum Gasteiger partial charge on any atom is 0.335 e. The minimum Gasteiger partial charge on any atom is -0.479 e. The van der Waals surface area contributed by atoms with Crippen molar-refractivity contribution in [3.05, 3.63) is 23.8 Å². The van der Waals surface area contributed by atoms with Crippen molar-refractivity contribution >= 4 is 5.97 Å². The Morgan fingerprint density at radius 2 is 1.97 bits per heavy atom. The van der Waals surface area contributed by atoms with Gasteiger partial charge in [0.1, 0.15) is 23.9 Å². The van der Waals surface area contributed by atoms with Crippen molar-refractivity contribution in [2.75, 3.05) is 0 Å². The third-order valence-electron chi connectivity index (χ3n) is 10.2. The first-order chi connectivity index (χ1) is 17.1. The number of hydrogen-bond acceptors (Lipinski definition) is 7. The largest absolute Gasteiger partial charge is 0.479 e. The van der Waals surface area contributed by atoms with E-state index < -0.39 is 48.4 Å². The summed E-state index contributed by atoms with van der Waals surface area (Å²) in [6.45, 7) is 6.64. The van der Waals surface area contributed by atoms with Gasteiger partial charge in [0, 0.05) is 5.41 Å². The van der Waals surface area contributed by atoms with Gasteiger partial charge in [0.15, 0.2) is 12.4 Å². The van der Waals surface area contributed by atoms with Crippen LogP contribution >= 0.6 is 0 Å². The fourth-order valence-electron chi connectivity index (χ4n) is 8.46. The molecule has 2 unspecified atom stereocenters. The number of aliphatic hydroxyl groups is 4. The SMILES string of the molecule is C#C[C@]1(O)CC[C@H]2[C@@H]3CCC4=CC(OC5O[C@H](C(=O)O)[C@@H](O)[C@H](O)[C@H]5O)CC[C@@H]4[C@H]3C(=C)C[C@@]21CC. The Labute approximate surface area is 212 Å². The number of carboxylic acid groups (broad SMARTS) is 1. The zero-order chi connectivity index (χ0) is 26.0. The second-order valence-electron chi connectivity index (χ2n) is 11.6. The van der Waals surface area contributed by atoms with Crippen molar-refractivity contribution < 1.29 is 39.8 Å². The van der Waals surface area contributed by atoms with E-state index in [1.807, 2.05) is 0 Å². The summed E-state index contributed by atoms with van der Waals surface area (Å²) in [4.78, 5) is 11.4. The van der Waals surface area contributed by atoms with E-state index in [0.717, 1.165) is 38.5 Å². The Hall–Kier alpha value is -1.73. The number of hydrogen-bond donors (Lipinski definition) is 5. The topological polar surface area (TPSA) is 137 Å². The maximum absolute atomic E-state index is 11.4. The number of rotatable bonds is 4. The van der Waals surface area contributed by atoms with Crippen LogP contribution in [0.1, 0.15) is 58.3 Å². The molecule has 12 atom stereocenters. The highest BCUT2D eigenvalue weighted by Gasteiger charge is 2.64. The molecule has 0 amide bonds. The van der Waals surface area contributed by atoms with Crippen LogP contribution in [0.25, 0.3) is 0 Å². The minimum atomic E-state index is -1.74. The van der Waals surface area contributed by atoms with Crippen LogP contribution in [0.2, 0.25) is 0 Å².